The lowest BCUT2D eigenvalue weighted by Gasteiger charge is -2.19. The molecular formula is C21H36N2O5S. The first-order chi connectivity index (χ1) is 13.8. The molecule has 1 aromatic carbocycles. The molecule has 0 bridgehead atoms. The van der Waals surface area contributed by atoms with E-state index in [4.69, 9.17) is 9.47 Å². The Labute approximate surface area is 175 Å². The lowest BCUT2D eigenvalue weighted by atomic mass is 10.2. The zero-order valence-electron chi connectivity index (χ0n) is 18.2. The number of hydrogen-bond acceptors (Lipinski definition) is 6. The van der Waals surface area contributed by atoms with Crippen molar-refractivity contribution in [1.29, 1.82) is 0 Å². The van der Waals surface area contributed by atoms with Gasteiger partial charge in [0.1, 0.15) is 12.4 Å². The average molecular weight is 429 g/mol. The molecule has 7 nitrogen and oxygen atoms in total. The van der Waals surface area contributed by atoms with Crippen LogP contribution in [0.2, 0.25) is 0 Å². The van der Waals surface area contributed by atoms with Crippen molar-refractivity contribution < 1.29 is 22.7 Å². The first-order valence-corrected chi connectivity index (χ1v) is 12.2. The Hall–Kier alpha value is -1.80. The molecule has 166 valence electrons. The molecule has 0 saturated carbocycles. The lowest BCUT2D eigenvalue weighted by molar-refractivity contribution is -0.118. The SMILES string of the molecule is CCCCCS(=O)(=O)CC(=O)NCc1ccc(OCCN(CC)CC)c(OC)c1. The highest BCUT2D eigenvalue weighted by molar-refractivity contribution is 7.92. The maximum Gasteiger partial charge on any atom is 0.235 e. The van der Waals surface area contributed by atoms with Crippen LogP contribution in [0.4, 0.5) is 0 Å². The maximum absolute atomic E-state index is 12.0. The number of carbonyl (C=O) groups excluding carboxylic acids is 1. The third kappa shape index (κ3) is 9.99. The van der Waals surface area contributed by atoms with Crippen molar-refractivity contribution in [2.45, 2.75) is 46.6 Å². The standard InChI is InChI=1S/C21H36N2O5S/c1-5-8-9-14-29(25,26)17-21(24)22-16-18-10-11-19(20(15-18)27-4)28-13-12-23(6-2)7-3/h10-11,15H,5-9,12-14,16-17H2,1-4H3,(H,22,24). The van der Waals surface area contributed by atoms with E-state index in [1.54, 1.807) is 13.2 Å². The second kappa shape index (κ2) is 13.4. The number of nitrogens with one attached hydrogen (secondary N) is 1. The fraction of sp³-hybridized carbons (Fsp3) is 0.667. The van der Waals surface area contributed by atoms with E-state index < -0.39 is 21.5 Å². The van der Waals surface area contributed by atoms with Crippen molar-refractivity contribution >= 4 is 15.7 Å². The van der Waals surface area contributed by atoms with Crippen LogP contribution in [-0.2, 0) is 21.2 Å². The van der Waals surface area contributed by atoms with E-state index in [1.807, 2.05) is 19.1 Å². The summed E-state index contributed by atoms with van der Waals surface area (Å²) < 4.78 is 35.1. The minimum absolute atomic E-state index is 0.0572. The number of hydrogen-bond donors (Lipinski definition) is 1. The molecule has 0 aliphatic carbocycles. The molecule has 1 N–H and O–H groups in total. The summed E-state index contributed by atoms with van der Waals surface area (Å²) in [5, 5.41) is 2.67. The maximum atomic E-state index is 12.0. The minimum atomic E-state index is -3.36. The van der Waals surface area contributed by atoms with E-state index in [0.717, 1.165) is 38.0 Å². The van der Waals surface area contributed by atoms with Crippen LogP contribution in [0.1, 0.15) is 45.6 Å². The molecule has 0 aliphatic rings. The molecule has 0 spiro atoms. The van der Waals surface area contributed by atoms with Gasteiger partial charge in [-0.1, -0.05) is 39.7 Å². The fourth-order valence-corrected chi connectivity index (χ4v) is 4.15. The second-order valence-electron chi connectivity index (χ2n) is 6.94. The fourth-order valence-electron chi connectivity index (χ4n) is 2.86. The van der Waals surface area contributed by atoms with Crippen LogP contribution in [0.25, 0.3) is 0 Å². The number of carbonyl (C=O) groups is 1. The van der Waals surface area contributed by atoms with Gasteiger partial charge in [-0.25, -0.2) is 8.42 Å². The van der Waals surface area contributed by atoms with Crippen LogP contribution in [-0.4, -0.2) is 64.1 Å². The van der Waals surface area contributed by atoms with Crippen LogP contribution >= 0.6 is 0 Å². The molecule has 1 aromatic rings. The quantitative estimate of drug-likeness (QED) is 0.432. The van der Waals surface area contributed by atoms with Gasteiger partial charge in [-0.05, 0) is 37.2 Å². The van der Waals surface area contributed by atoms with Crippen molar-refractivity contribution in [3.63, 3.8) is 0 Å². The van der Waals surface area contributed by atoms with Gasteiger partial charge in [0.2, 0.25) is 5.91 Å². The zero-order valence-corrected chi connectivity index (χ0v) is 19.0. The highest BCUT2D eigenvalue weighted by Gasteiger charge is 2.16. The van der Waals surface area contributed by atoms with Crippen LogP contribution in [0, 0.1) is 0 Å². The van der Waals surface area contributed by atoms with Crippen molar-refractivity contribution in [2.75, 3.05) is 44.9 Å². The number of nitrogens with zero attached hydrogens (tertiary/aromatic N) is 1. The summed E-state index contributed by atoms with van der Waals surface area (Å²) in [6.45, 7) is 9.82. The molecule has 0 aliphatic heterocycles. The molecule has 0 radical (unpaired) electrons. The molecule has 29 heavy (non-hydrogen) atoms. The first kappa shape index (κ1) is 25.2. The van der Waals surface area contributed by atoms with Crippen LogP contribution in [0.15, 0.2) is 18.2 Å². The Morgan fingerprint density at radius 3 is 2.45 bits per heavy atom. The molecule has 0 aromatic heterocycles. The van der Waals surface area contributed by atoms with Crippen molar-refractivity contribution in [1.82, 2.24) is 10.2 Å². The molecule has 0 heterocycles. The van der Waals surface area contributed by atoms with E-state index >= 15 is 0 Å². The van der Waals surface area contributed by atoms with E-state index in [0.29, 0.717) is 24.5 Å². The van der Waals surface area contributed by atoms with E-state index in [9.17, 15) is 13.2 Å². The minimum Gasteiger partial charge on any atom is -0.493 e. The van der Waals surface area contributed by atoms with Gasteiger partial charge in [0.15, 0.2) is 21.3 Å². The Bertz CT molecular complexity index is 718. The van der Waals surface area contributed by atoms with Crippen LogP contribution in [0.5, 0.6) is 11.5 Å². The molecule has 0 unspecified atom stereocenters. The number of rotatable bonds is 15. The molecule has 0 saturated heterocycles. The number of methoxy groups -OCH3 is 1. The number of unbranched alkanes of at least 4 members (excludes halogenated alkanes) is 2. The van der Waals surface area contributed by atoms with Gasteiger partial charge in [-0.3, -0.25) is 4.79 Å². The number of ether oxygens (including phenoxy) is 2. The van der Waals surface area contributed by atoms with Crippen LogP contribution in [0.3, 0.4) is 0 Å². The van der Waals surface area contributed by atoms with Gasteiger partial charge < -0.3 is 19.7 Å². The first-order valence-electron chi connectivity index (χ1n) is 10.3. The summed E-state index contributed by atoms with van der Waals surface area (Å²) in [6, 6.07) is 5.44. The second-order valence-corrected chi connectivity index (χ2v) is 9.12. The Morgan fingerprint density at radius 2 is 1.83 bits per heavy atom. The third-order valence-electron chi connectivity index (χ3n) is 4.69. The molecule has 1 rings (SSSR count). The van der Waals surface area contributed by atoms with Crippen molar-refractivity contribution in [3.8, 4) is 11.5 Å². The van der Waals surface area contributed by atoms with Gasteiger partial charge >= 0.3 is 0 Å². The zero-order chi connectivity index (χ0) is 21.7. The highest BCUT2D eigenvalue weighted by atomic mass is 32.2. The topological polar surface area (TPSA) is 84.9 Å². The summed E-state index contributed by atoms with van der Waals surface area (Å²) in [5.74, 6) is 0.332. The predicted octanol–water partition coefficient (Wildman–Crippen LogP) is 2.64. The average Bonchev–Trinajstić information content (AvgIpc) is 2.69. The molecule has 1 amide bonds. The third-order valence-corrected chi connectivity index (χ3v) is 6.30. The largest absolute Gasteiger partial charge is 0.493 e. The normalized spacial score (nSPS) is 11.5. The molecule has 0 atom stereocenters. The summed E-state index contributed by atoms with van der Waals surface area (Å²) in [5.41, 5.74) is 0.815. The summed E-state index contributed by atoms with van der Waals surface area (Å²) in [4.78, 5) is 14.3. The van der Waals surface area contributed by atoms with Gasteiger partial charge in [0.05, 0.1) is 12.9 Å². The Kier molecular flexibility index (Phi) is 11.7. The van der Waals surface area contributed by atoms with E-state index in [1.165, 1.54) is 0 Å². The summed E-state index contributed by atoms with van der Waals surface area (Å²) in [7, 11) is -1.79. The van der Waals surface area contributed by atoms with Gasteiger partial charge in [-0.2, -0.15) is 0 Å². The Balaban J connectivity index is 2.55. The lowest BCUT2D eigenvalue weighted by Crippen LogP contribution is -2.31. The number of likely N-dealkylation sites (N-methyl/N-ethyl adjacent to an activating group) is 1. The molecule has 8 heteroatoms. The number of amides is 1. The van der Waals surface area contributed by atoms with Gasteiger partial charge in [0.25, 0.3) is 0 Å². The van der Waals surface area contributed by atoms with Crippen LogP contribution < -0.4 is 14.8 Å². The summed E-state index contributed by atoms with van der Waals surface area (Å²) >= 11 is 0. The van der Waals surface area contributed by atoms with Crippen molar-refractivity contribution in [2.24, 2.45) is 0 Å². The van der Waals surface area contributed by atoms with E-state index in [-0.39, 0.29) is 12.3 Å². The smallest absolute Gasteiger partial charge is 0.235 e. The van der Waals surface area contributed by atoms with Gasteiger partial charge in [-0.15, -0.1) is 0 Å². The van der Waals surface area contributed by atoms with E-state index in [2.05, 4.69) is 24.1 Å². The predicted molar refractivity (Wildman–Crippen MR) is 116 cm³/mol. The number of sulfone groups is 1. The highest BCUT2D eigenvalue weighted by Crippen LogP contribution is 2.28. The van der Waals surface area contributed by atoms with Gasteiger partial charge in [0, 0.05) is 13.1 Å². The Morgan fingerprint density at radius 1 is 1.10 bits per heavy atom. The summed E-state index contributed by atoms with van der Waals surface area (Å²) in [6.07, 6.45) is 2.39. The number of benzene rings is 1. The monoisotopic (exact) mass is 428 g/mol. The molecule has 0 fully saturated rings. The van der Waals surface area contributed by atoms with Crippen molar-refractivity contribution in [3.05, 3.63) is 23.8 Å². The molecular weight excluding hydrogens is 392 g/mol.